The molecule has 1 fully saturated rings. The van der Waals surface area contributed by atoms with Crippen LogP contribution in [0.4, 0.5) is 0 Å². The Morgan fingerprint density at radius 3 is 2.12 bits per heavy atom. The molecule has 7 heteroatoms. The van der Waals surface area contributed by atoms with Gasteiger partial charge in [0.1, 0.15) is 0 Å². The molecule has 1 amide bonds. The predicted octanol–water partition coefficient (Wildman–Crippen LogP) is 6.58. The van der Waals surface area contributed by atoms with Crippen molar-refractivity contribution in [1.82, 2.24) is 5.32 Å². The maximum absolute atomic E-state index is 13.5. The van der Waals surface area contributed by atoms with E-state index in [1.165, 1.54) is 25.7 Å². The largest absolute Gasteiger partial charge is 0.432 e. The van der Waals surface area contributed by atoms with Crippen molar-refractivity contribution in [1.29, 1.82) is 0 Å². The number of carbonyl (C=O) groups is 2. The molecule has 200 valence electrons. The summed E-state index contributed by atoms with van der Waals surface area (Å²) in [5, 5.41) is 3.31. The third-order valence-corrected chi connectivity index (χ3v) is 11.9. The average Bonchev–Trinajstić information content (AvgIpc) is 2.97. The molecule has 0 bridgehead atoms. The molecule has 0 aliphatic carbocycles. The van der Waals surface area contributed by atoms with E-state index in [9.17, 15) is 9.59 Å². The van der Waals surface area contributed by atoms with Crippen LogP contribution in [0.15, 0.2) is 0 Å². The molecule has 0 aromatic carbocycles. The summed E-state index contributed by atoms with van der Waals surface area (Å²) in [7, 11) is -1.94. The van der Waals surface area contributed by atoms with Gasteiger partial charge in [0.05, 0.1) is 18.6 Å². The van der Waals surface area contributed by atoms with Crippen LogP contribution >= 0.6 is 0 Å². The highest BCUT2D eigenvalue weighted by Crippen LogP contribution is 2.37. The van der Waals surface area contributed by atoms with Gasteiger partial charge in [0, 0.05) is 13.8 Å². The van der Waals surface area contributed by atoms with Crippen LogP contribution in [0.5, 0.6) is 0 Å². The van der Waals surface area contributed by atoms with Crippen molar-refractivity contribution in [3.05, 3.63) is 0 Å². The lowest BCUT2D eigenvalue weighted by molar-refractivity contribution is -0.162. The predicted molar refractivity (Wildman–Crippen MR) is 141 cm³/mol. The molecule has 3 atom stereocenters. The lowest BCUT2D eigenvalue weighted by atomic mass is 9.92. The molecule has 6 nitrogen and oxygen atoms in total. The van der Waals surface area contributed by atoms with Crippen molar-refractivity contribution in [2.24, 2.45) is 11.8 Å². The van der Waals surface area contributed by atoms with Gasteiger partial charge in [-0.15, -0.1) is 0 Å². The monoisotopic (exact) mass is 499 g/mol. The number of ether oxygens (including phenoxy) is 2. The van der Waals surface area contributed by atoms with E-state index in [0.717, 1.165) is 19.3 Å². The Hall–Kier alpha value is -0.923. The van der Waals surface area contributed by atoms with Crippen LogP contribution in [0, 0.1) is 11.8 Å². The van der Waals surface area contributed by atoms with E-state index < -0.39 is 32.1 Å². The Bertz CT molecular complexity index is 641. The maximum Gasteiger partial charge on any atom is 0.338 e. The summed E-state index contributed by atoms with van der Waals surface area (Å²) in [5.74, 6) is -1.92. The van der Waals surface area contributed by atoms with E-state index in [-0.39, 0.29) is 22.9 Å². The van der Waals surface area contributed by atoms with Crippen molar-refractivity contribution in [3.8, 4) is 0 Å². The van der Waals surface area contributed by atoms with Gasteiger partial charge in [-0.1, -0.05) is 86.5 Å². The summed E-state index contributed by atoms with van der Waals surface area (Å²) in [5.41, 5.74) is 0. The fourth-order valence-corrected chi connectivity index (χ4v) is 4.90. The molecule has 0 aromatic heterocycles. The van der Waals surface area contributed by atoms with E-state index in [2.05, 4.69) is 60.0 Å². The summed E-state index contributed by atoms with van der Waals surface area (Å²) >= 11 is 0. The third kappa shape index (κ3) is 9.98. The zero-order chi connectivity index (χ0) is 26.2. The molecule has 1 N–H and O–H groups in total. The summed E-state index contributed by atoms with van der Waals surface area (Å²) in [6, 6.07) is -0.122. The van der Waals surface area contributed by atoms with Crippen LogP contribution in [0.3, 0.4) is 0 Å². The van der Waals surface area contributed by atoms with E-state index in [4.69, 9.17) is 13.9 Å². The van der Waals surface area contributed by atoms with Crippen LogP contribution < -0.4 is 5.32 Å². The van der Waals surface area contributed by atoms with Gasteiger partial charge in [0.2, 0.25) is 11.7 Å². The normalized spacial score (nSPS) is 20.3. The topological polar surface area (TPSA) is 73.9 Å². The standard InChI is InChI=1S/C27H53NO5Si/c1-11-12-13-14-15-16-17-18-21(23-25(30)33-27(7,8)32-23)24(29)28-22(20(2)3)19-31-34(9,10)26(4,5)6/h20-23H,11-19H2,1-10H3,(H,28,29)/t21-,22-,23+/m1/s1. The van der Waals surface area contributed by atoms with Gasteiger partial charge in [-0.25, -0.2) is 4.79 Å². The molecule has 0 saturated carbocycles. The molecule has 1 heterocycles. The van der Waals surface area contributed by atoms with Gasteiger partial charge in [-0.2, -0.15) is 0 Å². The van der Waals surface area contributed by atoms with Crippen molar-refractivity contribution in [2.75, 3.05) is 6.61 Å². The van der Waals surface area contributed by atoms with Gasteiger partial charge in [-0.05, 0) is 30.5 Å². The van der Waals surface area contributed by atoms with Crippen LogP contribution in [-0.2, 0) is 23.5 Å². The highest BCUT2D eigenvalue weighted by molar-refractivity contribution is 6.74. The van der Waals surface area contributed by atoms with E-state index >= 15 is 0 Å². The molecule has 0 radical (unpaired) electrons. The minimum atomic E-state index is -1.94. The van der Waals surface area contributed by atoms with Gasteiger partial charge in [-0.3, -0.25) is 4.79 Å². The summed E-state index contributed by atoms with van der Waals surface area (Å²) in [6.07, 6.45) is 7.85. The molecule has 0 aromatic rings. The first-order valence-electron chi connectivity index (χ1n) is 13.5. The van der Waals surface area contributed by atoms with E-state index in [1.807, 2.05) is 0 Å². The number of nitrogens with one attached hydrogen (secondary N) is 1. The minimum absolute atomic E-state index is 0.102. The summed E-state index contributed by atoms with van der Waals surface area (Å²) in [6.45, 7) is 21.4. The van der Waals surface area contributed by atoms with Crippen LogP contribution in [-0.4, -0.2) is 44.7 Å². The van der Waals surface area contributed by atoms with Crippen molar-refractivity contribution < 1.29 is 23.5 Å². The second kappa shape index (κ2) is 13.4. The van der Waals surface area contributed by atoms with Crippen LogP contribution in [0.25, 0.3) is 0 Å². The number of unbranched alkanes of at least 4 members (excludes halogenated alkanes) is 6. The lowest BCUT2D eigenvalue weighted by Gasteiger charge is -2.38. The Kier molecular flexibility index (Phi) is 12.3. The molecule has 0 spiro atoms. The van der Waals surface area contributed by atoms with Gasteiger partial charge in [0.25, 0.3) is 0 Å². The molecular weight excluding hydrogens is 446 g/mol. The fourth-order valence-electron chi connectivity index (χ4n) is 3.87. The van der Waals surface area contributed by atoms with Crippen molar-refractivity contribution in [2.45, 2.75) is 143 Å². The Morgan fingerprint density at radius 1 is 1.09 bits per heavy atom. The summed E-state index contributed by atoms with van der Waals surface area (Å²) in [4.78, 5) is 26.1. The third-order valence-electron chi connectivity index (χ3n) is 7.37. The fraction of sp³-hybridized carbons (Fsp3) is 0.926. The van der Waals surface area contributed by atoms with E-state index in [1.54, 1.807) is 13.8 Å². The average molecular weight is 500 g/mol. The first-order valence-corrected chi connectivity index (χ1v) is 16.4. The number of cyclic esters (lactones) is 1. The number of hydrogen-bond acceptors (Lipinski definition) is 5. The SMILES string of the molecule is CCCCCCCCC[C@@H](C(=O)N[C@H](CO[Si](C)(C)C(C)(C)C)C(C)C)[C@@H]1OC(C)(C)OC1=O. The molecule has 1 aliphatic heterocycles. The molecular formula is C27H53NO5Si. The zero-order valence-electron chi connectivity index (χ0n) is 23.7. The van der Waals surface area contributed by atoms with Gasteiger partial charge >= 0.3 is 5.97 Å². The van der Waals surface area contributed by atoms with Crippen LogP contribution in [0.2, 0.25) is 18.1 Å². The van der Waals surface area contributed by atoms with E-state index in [0.29, 0.717) is 13.0 Å². The molecule has 1 saturated heterocycles. The minimum Gasteiger partial charge on any atom is -0.432 e. The molecule has 34 heavy (non-hydrogen) atoms. The smallest absolute Gasteiger partial charge is 0.338 e. The first kappa shape index (κ1) is 31.1. The Morgan fingerprint density at radius 2 is 1.65 bits per heavy atom. The van der Waals surface area contributed by atoms with Crippen LogP contribution in [0.1, 0.15) is 107 Å². The highest BCUT2D eigenvalue weighted by atomic mass is 28.4. The Labute approximate surface area is 210 Å². The van der Waals surface area contributed by atoms with Crippen molar-refractivity contribution >= 4 is 20.2 Å². The number of hydrogen-bond donors (Lipinski definition) is 1. The summed E-state index contributed by atoms with van der Waals surface area (Å²) < 4.78 is 17.7. The quantitative estimate of drug-likeness (QED) is 0.156. The lowest BCUT2D eigenvalue weighted by Crippen LogP contribution is -2.51. The zero-order valence-corrected chi connectivity index (χ0v) is 24.7. The number of rotatable bonds is 15. The van der Waals surface area contributed by atoms with Gasteiger partial charge in [0.15, 0.2) is 14.4 Å². The second-order valence-electron chi connectivity index (χ2n) is 12.3. The maximum atomic E-state index is 13.5. The first-order chi connectivity index (χ1) is 15.6. The number of amides is 1. The second-order valence-corrected chi connectivity index (χ2v) is 17.1. The Balaban J connectivity index is 2.84. The molecule has 1 aliphatic rings. The number of carbonyl (C=O) groups excluding carboxylic acids is 2. The van der Waals surface area contributed by atoms with Gasteiger partial charge < -0.3 is 19.2 Å². The molecule has 1 rings (SSSR count). The highest BCUT2D eigenvalue weighted by Gasteiger charge is 2.47. The number of esters is 1. The van der Waals surface area contributed by atoms with Crippen molar-refractivity contribution in [3.63, 3.8) is 0 Å². The molecule has 0 unspecified atom stereocenters.